The molecule has 27 heavy (non-hydrogen) atoms. The second kappa shape index (κ2) is 8.27. The molecule has 1 fully saturated rings. The van der Waals surface area contributed by atoms with E-state index in [0.717, 1.165) is 11.1 Å². The topological polar surface area (TPSA) is 71.8 Å². The lowest BCUT2D eigenvalue weighted by molar-refractivity contribution is -0.0586. The molecule has 0 bridgehead atoms. The van der Waals surface area contributed by atoms with Crippen LogP contribution in [0.1, 0.15) is 45.9 Å². The number of ether oxygens (including phenoxy) is 1. The molecule has 2 unspecified atom stereocenters. The van der Waals surface area contributed by atoms with Crippen LogP contribution in [0, 0.1) is 6.92 Å². The number of halogens is 1. The molecule has 1 aliphatic rings. The summed E-state index contributed by atoms with van der Waals surface area (Å²) in [6.07, 6.45) is 0.0783. The first-order chi connectivity index (χ1) is 12.8. The summed E-state index contributed by atoms with van der Waals surface area (Å²) in [6, 6.07) is 9.05. The number of carbonyl (C=O) groups is 2. The van der Waals surface area contributed by atoms with Crippen LogP contribution in [0.2, 0.25) is 0 Å². The number of nitrogens with zero attached hydrogens (tertiary/aromatic N) is 1. The lowest BCUT2D eigenvalue weighted by Crippen LogP contribution is -2.48. The van der Waals surface area contributed by atoms with Crippen LogP contribution in [0.4, 0.5) is 0 Å². The lowest BCUT2D eigenvalue weighted by Gasteiger charge is -2.35. The third-order valence-corrected chi connectivity index (χ3v) is 4.85. The molecule has 2 heterocycles. The van der Waals surface area contributed by atoms with Gasteiger partial charge in [-0.25, -0.2) is 0 Å². The van der Waals surface area contributed by atoms with Gasteiger partial charge in [0.25, 0.3) is 11.8 Å². The predicted octanol–water partition coefficient (Wildman–Crippen LogP) is 3.53. The average molecular weight is 435 g/mol. The molecule has 0 aliphatic carbocycles. The highest BCUT2D eigenvalue weighted by Gasteiger charge is 2.26. The third kappa shape index (κ3) is 4.78. The first-order valence-electron chi connectivity index (χ1n) is 8.91. The van der Waals surface area contributed by atoms with Crippen LogP contribution in [0.5, 0.6) is 0 Å². The number of furan rings is 1. The fourth-order valence-corrected chi connectivity index (χ4v) is 3.73. The van der Waals surface area contributed by atoms with Crippen LogP contribution in [0.25, 0.3) is 0 Å². The van der Waals surface area contributed by atoms with Gasteiger partial charge in [0.1, 0.15) is 0 Å². The van der Waals surface area contributed by atoms with Gasteiger partial charge in [-0.05, 0) is 60.5 Å². The standard InChI is InChI=1S/C20H23BrN2O4/c1-12-8-17(21)27-18(12)19(24)22-9-15-4-6-16(7-5-15)20(25)23-10-13(2)26-14(3)11-23/h4-8,13-14H,9-11H2,1-3H3,(H,22,24). The molecule has 7 heteroatoms. The maximum Gasteiger partial charge on any atom is 0.287 e. The van der Waals surface area contributed by atoms with Crippen LogP contribution >= 0.6 is 15.9 Å². The summed E-state index contributed by atoms with van der Waals surface area (Å²) in [5, 5.41) is 2.83. The van der Waals surface area contributed by atoms with Gasteiger partial charge >= 0.3 is 0 Å². The highest BCUT2D eigenvalue weighted by atomic mass is 79.9. The number of nitrogens with one attached hydrogen (secondary N) is 1. The second-order valence-corrected chi connectivity index (χ2v) is 7.69. The van der Waals surface area contributed by atoms with Crippen LogP contribution < -0.4 is 5.32 Å². The van der Waals surface area contributed by atoms with Gasteiger partial charge in [0.2, 0.25) is 0 Å². The Morgan fingerprint density at radius 1 is 1.19 bits per heavy atom. The van der Waals surface area contributed by atoms with Crippen molar-refractivity contribution in [2.24, 2.45) is 0 Å². The third-order valence-electron chi connectivity index (χ3n) is 4.45. The van der Waals surface area contributed by atoms with Crippen molar-refractivity contribution in [3.05, 3.63) is 57.5 Å². The molecule has 1 N–H and O–H groups in total. The number of amides is 2. The van der Waals surface area contributed by atoms with E-state index in [4.69, 9.17) is 9.15 Å². The molecule has 3 rings (SSSR count). The summed E-state index contributed by atoms with van der Waals surface area (Å²) in [5.41, 5.74) is 2.32. The van der Waals surface area contributed by atoms with E-state index in [1.54, 1.807) is 18.2 Å². The largest absolute Gasteiger partial charge is 0.444 e. The molecule has 2 aromatic rings. The molecule has 6 nitrogen and oxygen atoms in total. The van der Waals surface area contributed by atoms with Crippen LogP contribution in [-0.2, 0) is 11.3 Å². The normalized spacial score (nSPS) is 19.8. The number of hydrogen-bond acceptors (Lipinski definition) is 4. The van der Waals surface area contributed by atoms with Gasteiger partial charge in [-0.3, -0.25) is 9.59 Å². The van der Waals surface area contributed by atoms with E-state index in [1.807, 2.05) is 37.8 Å². The Kier molecular flexibility index (Phi) is 6.01. The Balaban J connectivity index is 1.59. The van der Waals surface area contributed by atoms with Crippen molar-refractivity contribution in [2.75, 3.05) is 13.1 Å². The van der Waals surface area contributed by atoms with Crippen molar-refractivity contribution >= 4 is 27.7 Å². The first-order valence-corrected chi connectivity index (χ1v) is 9.70. The molecule has 144 valence electrons. The Hall–Kier alpha value is -2.12. The quantitative estimate of drug-likeness (QED) is 0.798. The van der Waals surface area contributed by atoms with E-state index in [0.29, 0.717) is 35.6 Å². The van der Waals surface area contributed by atoms with Gasteiger partial charge < -0.3 is 19.4 Å². The fraction of sp³-hybridized carbons (Fsp3) is 0.400. The zero-order valence-electron chi connectivity index (χ0n) is 15.6. The van der Waals surface area contributed by atoms with Crippen LogP contribution in [0.3, 0.4) is 0 Å². The molecule has 2 atom stereocenters. The van der Waals surface area contributed by atoms with Crippen molar-refractivity contribution in [2.45, 2.75) is 39.5 Å². The molecule has 1 saturated heterocycles. The minimum atomic E-state index is -0.269. The van der Waals surface area contributed by atoms with E-state index in [1.165, 1.54) is 0 Å². The molecule has 0 spiro atoms. The number of hydrogen-bond donors (Lipinski definition) is 1. The number of morpholine rings is 1. The van der Waals surface area contributed by atoms with Gasteiger partial charge in [0.05, 0.1) is 12.2 Å². The molecular formula is C20H23BrN2O4. The zero-order valence-corrected chi connectivity index (χ0v) is 17.2. The van der Waals surface area contributed by atoms with Gasteiger partial charge in [0, 0.05) is 30.8 Å². The minimum Gasteiger partial charge on any atom is -0.444 e. The number of benzene rings is 1. The van der Waals surface area contributed by atoms with E-state index in [-0.39, 0.29) is 24.0 Å². The second-order valence-electron chi connectivity index (χ2n) is 6.91. The summed E-state index contributed by atoms with van der Waals surface area (Å²) < 4.78 is 11.5. The number of carbonyl (C=O) groups excluding carboxylic acids is 2. The van der Waals surface area contributed by atoms with Gasteiger partial charge in [-0.2, -0.15) is 0 Å². The Morgan fingerprint density at radius 2 is 1.81 bits per heavy atom. The molecular weight excluding hydrogens is 412 g/mol. The van der Waals surface area contributed by atoms with Crippen LogP contribution in [-0.4, -0.2) is 42.0 Å². The Morgan fingerprint density at radius 3 is 2.37 bits per heavy atom. The highest BCUT2D eigenvalue weighted by Crippen LogP contribution is 2.19. The molecule has 1 aromatic carbocycles. The summed E-state index contributed by atoms with van der Waals surface area (Å²) in [6.45, 7) is 7.31. The summed E-state index contributed by atoms with van der Waals surface area (Å²) in [7, 11) is 0. The molecule has 0 radical (unpaired) electrons. The summed E-state index contributed by atoms with van der Waals surface area (Å²) in [4.78, 5) is 26.7. The van der Waals surface area contributed by atoms with E-state index < -0.39 is 0 Å². The number of aryl methyl sites for hydroxylation is 1. The Bertz CT molecular complexity index is 821. The van der Waals surface area contributed by atoms with Crippen molar-refractivity contribution in [1.29, 1.82) is 0 Å². The Labute approximate surface area is 167 Å². The van der Waals surface area contributed by atoms with E-state index in [9.17, 15) is 9.59 Å². The summed E-state index contributed by atoms with van der Waals surface area (Å²) >= 11 is 3.22. The summed E-state index contributed by atoms with van der Waals surface area (Å²) in [5.74, 6) is 0.0301. The van der Waals surface area contributed by atoms with E-state index >= 15 is 0 Å². The molecule has 1 aromatic heterocycles. The van der Waals surface area contributed by atoms with Crippen molar-refractivity contribution in [3.63, 3.8) is 0 Å². The minimum absolute atomic E-state index is 0.00338. The monoisotopic (exact) mass is 434 g/mol. The average Bonchev–Trinajstić information content (AvgIpc) is 2.97. The maximum absolute atomic E-state index is 12.7. The van der Waals surface area contributed by atoms with Crippen molar-refractivity contribution in [3.8, 4) is 0 Å². The molecule has 2 amide bonds. The fourth-order valence-electron chi connectivity index (χ4n) is 3.22. The maximum atomic E-state index is 12.7. The predicted molar refractivity (Wildman–Crippen MR) is 105 cm³/mol. The van der Waals surface area contributed by atoms with Crippen molar-refractivity contribution < 1.29 is 18.7 Å². The van der Waals surface area contributed by atoms with E-state index in [2.05, 4.69) is 21.2 Å². The first kappa shape index (κ1) is 19.6. The lowest BCUT2D eigenvalue weighted by atomic mass is 10.1. The molecule has 0 saturated carbocycles. The molecule has 1 aliphatic heterocycles. The smallest absolute Gasteiger partial charge is 0.287 e. The van der Waals surface area contributed by atoms with Crippen LogP contribution in [0.15, 0.2) is 39.4 Å². The van der Waals surface area contributed by atoms with Gasteiger partial charge in [-0.1, -0.05) is 12.1 Å². The van der Waals surface area contributed by atoms with Gasteiger partial charge in [-0.15, -0.1) is 0 Å². The zero-order chi connectivity index (χ0) is 19.6. The number of rotatable bonds is 4. The highest BCUT2D eigenvalue weighted by molar-refractivity contribution is 9.10. The van der Waals surface area contributed by atoms with Crippen molar-refractivity contribution in [1.82, 2.24) is 10.2 Å². The van der Waals surface area contributed by atoms with Gasteiger partial charge in [0.15, 0.2) is 10.4 Å². The SMILES string of the molecule is Cc1cc(Br)oc1C(=O)NCc1ccc(C(=O)N2CC(C)OC(C)C2)cc1.